The molecule has 0 atom stereocenters. The molecule has 0 amide bonds. The Balaban J connectivity index is 0.00000121. The highest BCUT2D eigenvalue weighted by atomic mass is 35.5. The standard InChI is InChI=1S/C20H20Cl2N4O2.2C2H6/c1-11-4-3-5-14(23)19(11)26-20-24-9-12(10-25-20)6-7-13-17(21)15(27)8-16(28-2)18(13)22;2*1-2/h3-5,8-10,27H,6-7,23H2,1-2H3,(H,24,25,26);2*1-2H3. The number of para-hydroxylation sites is 1. The van der Waals surface area contributed by atoms with Gasteiger partial charge in [-0.25, -0.2) is 9.97 Å². The lowest BCUT2D eigenvalue weighted by atomic mass is 10.1. The van der Waals surface area contributed by atoms with Crippen LogP contribution in [0.2, 0.25) is 10.0 Å². The highest BCUT2D eigenvalue weighted by Gasteiger charge is 2.16. The number of aromatic nitrogens is 2. The summed E-state index contributed by atoms with van der Waals surface area (Å²) in [7, 11) is 1.49. The molecule has 6 nitrogen and oxygen atoms in total. The van der Waals surface area contributed by atoms with Crippen LogP contribution in [-0.4, -0.2) is 22.2 Å². The maximum Gasteiger partial charge on any atom is 0.227 e. The van der Waals surface area contributed by atoms with E-state index in [1.165, 1.54) is 13.2 Å². The Morgan fingerprint density at radius 3 is 2.22 bits per heavy atom. The van der Waals surface area contributed by atoms with Gasteiger partial charge in [0, 0.05) is 18.5 Å². The largest absolute Gasteiger partial charge is 0.506 e. The smallest absolute Gasteiger partial charge is 0.227 e. The molecule has 1 aromatic heterocycles. The molecule has 32 heavy (non-hydrogen) atoms. The number of halogens is 2. The van der Waals surface area contributed by atoms with E-state index < -0.39 is 0 Å². The molecule has 3 aromatic rings. The Labute approximate surface area is 200 Å². The average molecular weight is 479 g/mol. The zero-order chi connectivity index (χ0) is 24.3. The van der Waals surface area contributed by atoms with Crippen LogP contribution in [0.15, 0.2) is 36.7 Å². The molecule has 0 saturated heterocycles. The van der Waals surface area contributed by atoms with Gasteiger partial charge in [0.25, 0.3) is 0 Å². The normalized spacial score (nSPS) is 9.75. The molecule has 0 unspecified atom stereocenters. The predicted octanol–water partition coefficient (Wildman–Crippen LogP) is 6.97. The fourth-order valence-corrected chi connectivity index (χ4v) is 3.42. The van der Waals surface area contributed by atoms with Crippen molar-refractivity contribution in [2.45, 2.75) is 47.5 Å². The van der Waals surface area contributed by atoms with E-state index in [1.807, 2.05) is 52.8 Å². The Bertz CT molecular complexity index is 976. The zero-order valence-corrected chi connectivity index (χ0v) is 21.0. The van der Waals surface area contributed by atoms with E-state index in [1.54, 1.807) is 12.4 Å². The number of ether oxygens (including phenoxy) is 1. The first-order chi connectivity index (χ1) is 15.4. The van der Waals surface area contributed by atoms with Crippen LogP contribution in [0.5, 0.6) is 11.5 Å². The Morgan fingerprint density at radius 1 is 1.03 bits per heavy atom. The Hall–Kier alpha value is -2.70. The van der Waals surface area contributed by atoms with E-state index >= 15 is 0 Å². The van der Waals surface area contributed by atoms with Crippen molar-refractivity contribution in [3.63, 3.8) is 0 Å². The van der Waals surface area contributed by atoms with Crippen molar-refractivity contribution in [2.75, 3.05) is 18.2 Å². The molecular formula is C24H32Cl2N4O2. The second-order valence-corrected chi connectivity index (χ2v) is 7.04. The van der Waals surface area contributed by atoms with Crippen LogP contribution < -0.4 is 15.8 Å². The average Bonchev–Trinajstić information content (AvgIpc) is 2.82. The van der Waals surface area contributed by atoms with Gasteiger partial charge in [-0.05, 0) is 42.5 Å². The minimum Gasteiger partial charge on any atom is -0.506 e. The van der Waals surface area contributed by atoms with Gasteiger partial charge in [0.1, 0.15) is 11.5 Å². The monoisotopic (exact) mass is 478 g/mol. The first kappa shape index (κ1) is 27.3. The number of aryl methyl sites for hydroxylation is 2. The van der Waals surface area contributed by atoms with Crippen molar-refractivity contribution in [1.82, 2.24) is 9.97 Å². The summed E-state index contributed by atoms with van der Waals surface area (Å²) in [5, 5.41) is 13.7. The third kappa shape index (κ3) is 6.90. The first-order valence-corrected chi connectivity index (χ1v) is 11.3. The quantitative estimate of drug-likeness (QED) is 0.331. The van der Waals surface area contributed by atoms with Crippen LogP contribution in [0.25, 0.3) is 0 Å². The number of nitrogens with one attached hydrogen (secondary N) is 1. The van der Waals surface area contributed by atoms with Gasteiger partial charge in [0.2, 0.25) is 5.95 Å². The number of aromatic hydroxyl groups is 1. The summed E-state index contributed by atoms with van der Waals surface area (Å²) in [6, 6.07) is 7.08. The van der Waals surface area contributed by atoms with Gasteiger partial charge in [0.05, 0.1) is 28.5 Å². The number of hydrogen-bond acceptors (Lipinski definition) is 6. The molecule has 174 valence electrons. The highest BCUT2D eigenvalue weighted by Crippen LogP contribution is 2.40. The predicted molar refractivity (Wildman–Crippen MR) is 136 cm³/mol. The van der Waals surface area contributed by atoms with Crippen molar-refractivity contribution in [3.8, 4) is 11.5 Å². The van der Waals surface area contributed by atoms with Gasteiger partial charge in [0.15, 0.2) is 0 Å². The van der Waals surface area contributed by atoms with Crippen LogP contribution in [0, 0.1) is 6.92 Å². The lowest BCUT2D eigenvalue weighted by Crippen LogP contribution is -2.03. The number of phenolic OH excluding ortho intramolecular Hbond substituents is 1. The van der Waals surface area contributed by atoms with Gasteiger partial charge in [-0.15, -0.1) is 0 Å². The third-order valence-electron chi connectivity index (χ3n) is 4.37. The topological polar surface area (TPSA) is 93.3 Å². The molecule has 3 rings (SSSR count). The fraction of sp³-hybridized carbons (Fsp3) is 0.333. The van der Waals surface area contributed by atoms with Crippen LogP contribution in [0.3, 0.4) is 0 Å². The highest BCUT2D eigenvalue weighted by molar-refractivity contribution is 6.37. The van der Waals surface area contributed by atoms with Crippen molar-refractivity contribution in [1.29, 1.82) is 0 Å². The number of nitrogens with zero attached hydrogens (tertiary/aromatic N) is 2. The maximum absolute atomic E-state index is 9.94. The number of rotatable bonds is 6. The van der Waals surface area contributed by atoms with Crippen molar-refractivity contribution in [3.05, 3.63) is 63.4 Å². The van der Waals surface area contributed by atoms with E-state index in [9.17, 15) is 5.11 Å². The first-order valence-electron chi connectivity index (χ1n) is 10.6. The van der Waals surface area contributed by atoms with Gasteiger partial charge in [-0.1, -0.05) is 63.0 Å². The molecule has 0 bridgehead atoms. The molecule has 0 aliphatic rings. The van der Waals surface area contributed by atoms with Crippen molar-refractivity contribution < 1.29 is 9.84 Å². The SMILES string of the molecule is CC.CC.COc1cc(O)c(Cl)c(CCc2cnc(Nc3c(C)cccc3N)nc2)c1Cl. The zero-order valence-electron chi connectivity index (χ0n) is 19.5. The minimum absolute atomic E-state index is 0.0652. The summed E-state index contributed by atoms with van der Waals surface area (Å²) in [6.07, 6.45) is 4.55. The third-order valence-corrected chi connectivity index (χ3v) is 5.21. The summed E-state index contributed by atoms with van der Waals surface area (Å²) in [4.78, 5) is 8.69. The summed E-state index contributed by atoms with van der Waals surface area (Å²) in [6.45, 7) is 9.96. The molecule has 0 saturated carbocycles. The summed E-state index contributed by atoms with van der Waals surface area (Å²) < 4.78 is 5.17. The summed E-state index contributed by atoms with van der Waals surface area (Å²) in [5.41, 5.74) is 9.96. The maximum atomic E-state index is 9.94. The molecular weight excluding hydrogens is 447 g/mol. The summed E-state index contributed by atoms with van der Waals surface area (Å²) >= 11 is 12.5. The number of methoxy groups -OCH3 is 1. The summed E-state index contributed by atoms with van der Waals surface area (Å²) in [5.74, 6) is 0.773. The molecule has 1 heterocycles. The van der Waals surface area contributed by atoms with Gasteiger partial charge in [-0.3, -0.25) is 0 Å². The van der Waals surface area contributed by atoms with Gasteiger partial charge in [-0.2, -0.15) is 0 Å². The molecule has 2 aromatic carbocycles. The van der Waals surface area contributed by atoms with E-state index in [0.29, 0.717) is 40.8 Å². The fourth-order valence-electron chi connectivity index (χ4n) is 2.81. The Morgan fingerprint density at radius 2 is 1.66 bits per heavy atom. The van der Waals surface area contributed by atoms with E-state index in [0.717, 1.165) is 16.8 Å². The molecule has 0 spiro atoms. The molecule has 0 fully saturated rings. The lowest BCUT2D eigenvalue weighted by molar-refractivity contribution is 0.407. The number of anilines is 3. The van der Waals surface area contributed by atoms with Crippen LogP contribution in [0.1, 0.15) is 44.4 Å². The number of nitrogens with two attached hydrogens (primary N) is 1. The van der Waals surface area contributed by atoms with Gasteiger partial charge >= 0.3 is 0 Å². The van der Waals surface area contributed by atoms with Gasteiger partial charge < -0.3 is 20.9 Å². The molecule has 0 radical (unpaired) electrons. The van der Waals surface area contributed by atoms with Crippen molar-refractivity contribution in [2.24, 2.45) is 0 Å². The number of benzene rings is 2. The Kier molecular flexibility index (Phi) is 11.7. The van der Waals surface area contributed by atoms with Crippen LogP contribution in [0.4, 0.5) is 17.3 Å². The van der Waals surface area contributed by atoms with Crippen LogP contribution in [-0.2, 0) is 12.8 Å². The number of hydrogen-bond donors (Lipinski definition) is 3. The molecule has 0 aliphatic carbocycles. The molecule has 8 heteroatoms. The number of nitrogen functional groups attached to an aromatic ring is 1. The van der Waals surface area contributed by atoms with E-state index in [2.05, 4.69) is 15.3 Å². The van der Waals surface area contributed by atoms with E-state index in [-0.39, 0.29) is 10.8 Å². The lowest BCUT2D eigenvalue weighted by Gasteiger charge is -2.13. The molecule has 4 N–H and O–H groups in total. The van der Waals surface area contributed by atoms with Crippen molar-refractivity contribution >= 4 is 40.5 Å². The second-order valence-electron chi connectivity index (χ2n) is 6.28. The molecule has 0 aliphatic heterocycles. The van der Waals surface area contributed by atoms with E-state index in [4.69, 9.17) is 33.7 Å². The second kappa shape index (κ2) is 13.7. The minimum atomic E-state index is -0.0652. The number of phenols is 1. The van der Waals surface area contributed by atoms with Crippen LogP contribution >= 0.6 is 23.2 Å².